The summed E-state index contributed by atoms with van der Waals surface area (Å²) in [5.41, 5.74) is 5.62. The van der Waals surface area contributed by atoms with Gasteiger partial charge in [-0.25, -0.2) is 0 Å². The predicted octanol–water partition coefficient (Wildman–Crippen LogP) is 3.98. The third-order valence-electron chi connectivity index (χ3n) is 6.01. The van der Waals surface area contributed by atoms with Gasteiger partial charge >= 0.3 is 0 Å². The van der Waals surface area contributed by atoms with Crippen molar-refractivity contribution in [2.75, 3.05) is 26.2 Å². The number of hydrogen-bond donors (Lipinski definition) is 0. The summed E-state index contributed by atoms with van der Waals surface area (Å²) in [6.07, 6.45) is 4.36. The van der Waals surface area contributed by atoms with E-state index in [2.05, 4.69) is 58.2 Å². The zero-order chi connectivity index (χ0) is 21.6. The highest BCUT2D eigenvalue weighted by Gasteiger charge is 2.30. The number of benzene rings is 1. The van der Waals surface area contributed by atoms with Crippen LogP contribution in [0.15, 0.2) is 67.0 Å². The second kappa shape index (κ2) is 9.84. The Bertz CT molecular complexity index is 1020. The van der Waals surface area contributed by atoms with Crippen LogP contribution >= 0.6 is 0 Å². The van der Waals surface area contributed by atoms with Crippen LogP contribution in [0.4, 0.5) is 0 Å². The monoisotopic (exact) mass is 414 g/mol. The number of amides is 1. The molecule has 5 nitrogen and oxygen atoms in total. The van der Waals surface area contributed by atoms with Gasteiger partial charge in [0.2, 0.25) is 5.91 Å². The van der Waals surface area contributed by atoms with Gasteiger partial charge in [-0.2, -0.15) is 0 Å². The molecule has 1 aliphatic rings. The Labute approximate surface area is 184 Å². The van der Waals surface area contributed by atoms with E-state index >= 15 is 0 Å². The second-order valence-electron chi connectivity index (χ2n) is 8.22. The van der Waals surface area contributed by atoms with Crippen LogP contribution in [0.1, 0.15) is 23.9 Å². The molecule has 31 heavy (non-hydrogen) atoms. The molecule has 2 aromatic heterocycles. The van der Waals surface area contributed by atoms with Gasteiger partial charge in [0.05, 0.1) is 11.6 Å². The van der Waals surface area contributed by atoms with Crippen molar-refractivity contribution in [3.63, 3.8) is 0 Å². The Balaban J connectivity index is 1.59. The fraction of sp³-hybridized carbons (Fsp3) is 0.346. The van der Waals surface area contributed by atoms with Crippen LogP contribution in [0.2, 0.25) is 0 Å². The summed E-state index contributed by atoms with van der Waals surface area (Å²) in [5, 5.41) is 0. The smallest absolute Gasteiger partial charge is 0.227 e. The lowest BCUT2D eigenvalue weighted by molar-refractivity contribution is -0.134. The van der Waals surface area contributed by atoms with Gasteiger partial charge < -0.3 is 4.90 Å². The van der Waals surface area contributed by atoms with Crippen molar-refractivity contribution >= 4 is 5.91 Å². The molecule has 1 unspecified atom stereocenters. The molecule has 4 rings (SSSR count). The molecule has 0 spiro atoms. The van der Waals surface area contributed by atoms with E-state index in [0.717, 1.165) is 56.1 Å². The molecule has 0 aliphatic carbocycles. The van der Waals surface area contributed by atoms with E-state index in [9.17, 15) is 4.79 Å². The maximum absolute atomic E-state index is 13.4. The first-order chi connectivity index (χ1) is 15.1. The highest BCUT2D eigenvalue weighted by molar-refractivity contribution is 5.80. The topological polar surface area (TPSA) is 49.3 Å². The van der Waals surface area contributed by atoms with Crippen molar-refractivity contribution in [3.8, 4) is 11.1 Å². The first kappa shape index (κ1) is 21.2. The van der Waals surface area contributed by atoms with Gasteiger partial charge in [0, 0.05) is 50.8 Å². The molecule has 160 valence electrons. The molecule has 1 saturated heterocycles. The van der Waals surface area contributed by atoms with E-state index in [0.29, 0.717) is 0 Å². The average molecular weight is 415 g/mol. The maximum atomic E-state index is 13.4. The van der Waals surface area contributed by atoms with Crippen LogP contribution in [-0.4, -0.2) is 51.9 Å². The standard InChI is InChI=1S/C26H30N4O/c1-3-30-16-15-29(19-24-9-6-7-20(2)28-24)18-23(26(30)31)17-22-8-4-5-10-25(22)21-11-13-27-14-12-21/h4-14,23H,3,15-19H2,1-2H3. The molecule has 0 N–H and O–H groups in total. The van der Waals surface area contributed by atoms with Gasteiger partial charge in [-0.3, -0.25) is 19.7 Å². The number of carbonyl (C=O) groups excluding carboxylic acids is 1. The van der Waals surface area contributed by atoms with Crippen molar-refractivity contribution in [1.29, 1.82) is 0 Å². The first-order valence-electron chi connectivity index (χ1n) is 11.1. The Morgan fingerprint density at radius 1 is 1.00 bits per heavy atom. The molecule has 1 aromatic carbocycles. The Kier molecular flexibility index (Phi) is 6.73. The normalized spacial score (nSPS) is 17.5. The molecule has 0 bridgehead atoms. The van der Waals surface area contributed by atoms with E-state index < -0.39 is 0 Å². The zero-order valence-electron chi connectivity index (χ0n) is 18.4. The van der Waals surface area contributed by atoms with Gasteiger partial charge in [0.1, 0.15) is 0 Å². The molecule has 1 amide bonds. The molecule has 5 heteroatoms. The lowest BCUT2D eigenvalue weighted by Gasteiger charge is -2.24. The average Bonchev–Trinajstić information content (AvgIpc) is 2.93. The summed E-state index contributed by atoms with van der Waals surface area (Å²) >= 11 is 0. The van der Waals surface area contributed by atoms with E-state index in [4.69, 9.17) is 0 Å². The number of rotatable bonds is 6. The minimum absolute atomic E-state index is 0.0738. The van der Waals surface area contributed by atoms with Crippen molar-refractivity contribution in [2.45, 2.75) is 26.8 Å². The summed E-state index contributed by atoms with van der Waals surface area (Å²) in [6, 6.07) is 18.6. The van der Waals surface area contributed by atoms with E-state index in [1.54, 1.807) is 0 Å². The first-order valence-corrected chi connectivity index (χ1v) is 11.1. The number of hydrogen-bond acceptors (Lipinski definition) is 4. The summed E-state index contributed by atoms with van der Waals surface area (Å²) in [7, 11) is 0. The molecule has 0 radical (unpaired) electrons. The number of likely N-dealkylation sites (N-methyl/N-ethyl adjacent to an activating group) is 1. The van der Waals surface area contributed by atoms with E-state index in [-0.39, 0.29) is 11.8 Å². The number of nitrogens with zero attached hydrogens (tertiary/aromatic N) is 4. The maximum Gasteiger partial charge on any atom is 0.227 e. The van der Waals surface area contributed by atoms with E-state index in [1.807, 2.05) is 42.4 Å². The largest absolute Gasteiger partial charge is 0.341 e. The van der Waals surface area contributed by atoms with Gasteiger partial charge in [-0.05, 0) is 61.2 Å². The number of pyridine rings is 2. The van der Waals surface area contributed by atoms with Crippen LogP contribution in [-0.2, 0) is 17.8 Å². The highest BCUT2D eigenvalue weighted by Crippen LogP contribution is 2.27. The number of carbonyl (C=O) groups is 1. The molecule has 1 fully saturated rings. The highest BCUT2D eigenvalue weighted by atomic mass is 16.2. The fourth-order valence-electron chi connectivity index (χ4n) is 4.41. The molecular formula is C26H30N4O. The van der Waals surface area contributed by atoms with E-state index in [1.165, 1.54) is 11.1 Å². The molecular weight excluding hydrogens is 384 g/mol. The predicted molar refractivity (Wildman–Crippen MR) is 123 cm³/mol. The Hall–Kier alpha value is -3.05. The molecule has 3 heterocycles. The van der Waals surface area contributed by atoms with Gasteiger partial charge in [0.25, 0.3) is 0 Å². The second-order valence-corrected chi connectivity index (χ2v) is 8.22. The Morgan fingerprint density at radius 2 is 1.81 bits per heavy atom. The zero-order valence-corrected chi connectivity index (χ0v) is 18.4. The Morgan fingerprint density at radius 3 is 2.58 bits per heavy atom. The lowest BCUT2D eigenvalue weighted by atomic mass is 9.91. The minimum atomic E-state index is -0.0738. The quantitative estimate of drug-likeness (QED) is 0.612. The van der Waals surface area contributed by atoms with Crippen molar-refractivity contribution in [3.05, 3.63) is 83.9 Å². The summed E-state index contributed by atoms with van der Waals surface area (Å²) in [4.78, 5) is 26.6. The van der Waals surface area contributed by atoms with Crippen LogP contribution in [0.5, 0.6) is 0 Å². The van der Waals surface area contributed by atoms with Crippen LogP contribution < -0.4 is 0 Å². The summed E-state index contributed by atoms with van der Waals surface area (Å²) < 4.78 is 0. The van der Waals surface area contributed by atoms with Gasteiger partial charge in [-0.15, -0.1) is 0 Å². The van der Waals surface area contributed by atoms with Crippen LogP contribution in [0.3, 0.4) is 0 Å². The molecule has 0 saturated carbocycles. The van der Waals surface area contributed by atoms with Gasteiger partial charge in [-0.1, -0.05) is 30.3 Å². The third kappa shape index (κ3) is 5.17. The molecule has 3 aromatic rings. The third-order valence-corrected chi connectivity index (χ3v) is 6.01. The number of aryl methyl sites for hydroxylation is 1. The minimum Gasteiger partial charge on any atom is -0.341 e. The summed E-state index contributed by atoms with van der Waals surface area (Å²) in [5.74, 6) is 0.182. The van der Waals surface area contributed by atoms with Crippen LogP contribution in [0, 0.1) is 12.8 Å². The van der Waals surface area contributed by atoms with Crippen molar-refractivity contribution < 1.29 is 4.79 Å². The fourth-order valence-corrected chi connectivity index (χ4v) is 4.41. The van der Waals surface area contributed by atoms with Crippen molar-refractivity contribution in [1.82, 2.24) is 19.8 Å². The van der Waals surface area contributed by atoms with Crippen LogP contribution in [0.25, 0.3) is 11.1 Å². The SMILES string of the molecule is CCN1CCN(Cc2cccc(C)n2)CC(Cc2ccccc2-c2ccncc2)C1=O. The van der Waals surface area contributed by atoms with Crippen molar-refractivity contribution in [2.24, 2.45) is 5.92 Å². The lowest BCUT2D eigenvalue weighted by Crippen LogP contribution is -2.37. The summed E-state index contributed by atoms with van der Waals surface area (Å²) in [6.45, 7) is 7.99. The molecule has 1 atom stereocenters. The number of aromatic nitrogens is 2. The van der Waals surface area contributed by atoms with Gasteiger partial charge in [0.15, 0.2) is 0 Å². The molecule has 1 aliphatic heterocycles.